The minimum atomic E-state index is -0.0744. The molecule has 2 aromatic rings. The maximum atomic E-state index is 12.5. The summed E-state index contributed by atoms with van der Waals surface area (Å²) in [6.07, 6.45) is 0. The Morgan fingerprint density at radius 1 is 1.00 bits per heavy atom. The Kier molecular flexibility index (Phi) is 7.41. The van der Waals surface area contributed by atoms with Crippen molar-refractivity contribution in [1.29, 1.82) is 0 Å². The van der Waals surface area contributed by atoms with Gasteiger partial charge in [0.05, 0.1) is 26.2 Å². The van der Waals surface area contributed by atoms with Crippen LogP contribution in [-0.4, -0.2) is 61.8 Å². The highest BCUT2D eigenvalue weighted by Gasteiger charge is 2.25. The summed E-state index contributed by atoms with van der Waals surface area (Å²) < 4.78 is 5.56. The molecule has 1 aliphatic heterocycles. The van der Waals surface area contributed by atoms with Crippen molar-refractivity contribution in [2.75, 3.05) is 44.6 Å². The molecule has 3 rings (SSSR count). The summed E-state index contributed by atoms with van der Waals surface area (Å²) in [6.45, 7) is 8.46. The quantitative estimate of drug-likeness (QED) is 0.656. The van der Waals surface area contributed by atoms with Crippen LogP contribution in [0.25, 0.3) is 0 Å². The molecule has 0 radical (unpaired) electrons. The molecule has 0 bridgehead atoms. The van der Waals surface area contributed by atoms with Crippen molar-refractivity contribution < 1.29 is 24.0 Å². The fraction of sp³-hybridized carbons (Fsp3) is 0.375. The van der Waals surface area contributed by atoms with E-state index < -0.39 is 0 Å². The normalized spacial score (nSPS) is 14.2. The number of rotatable bonds is 7. The summed E-state index contributed by atoms with van der Waals surface area (Å²) in [5.74, 6) is 0.468. The number of ether oxygens (including phenoxy) is 1. The number of amides is 2. The van der Waals surface area contributed by atoms with E-state index in [-0.39, 0.29) is 24.2 Å². The second kappa shape index (κ2) is 10.2. The molecule has 0 spiro atoms. The first-order valence-electron chi connectivity index (χ1n) is 10.5. The first-order chi connectivity index (χ1) is 14.8. The number of hydrogen-bond acceptors (Lipinski definition) is 4. The van der Waals surface area contributed by atoms with Crippen molar-refractivity contribution in [3.05, 3.63) is 59.2 Å². The van der Waals surface area contributed by atoms with Gasteiger partial charge < -0.3 is 19.9 Å². The topological polar surface area (TPSA) is 80.2 Å². The van der Waals surface area contributed by atoms with Crippen LogP contribution >= 0.6 is 0 Å². The number of nitrogens with one attached hydrogen (secondary N) is 2. The van der Waals surface area contributed by atoms with Gasteiger partial charge in [-0.25, -0.2) is 0 Å². The molecule has 2 aromatic carbocycles. The largest absolute Gasteiger partial charge is 0.484 e. The minimum absolute atomic E-state index is 0.00860. The predicted molar refractivity (Wildman–Crippen MR) is 119 cm³/mol. The van der Waals surface area contributed by atoms with Gasteiger partial charge >= 0.3 is 0 Å². The zero-order chi connectivity index (χ0) is 22.4. The monoisotopic (exact) mass is 424 g/mol. The van der Waals surface area contributed by atoms with Gasteiger partial charge in [-0.1, -0.05) is 18.2 Å². The molecule has 7 nitrogen and oxygen atoms in total. The molecule has 0 atom stereocenters. The molecule has 2 N–H and O–H groups in total. The number of piperazine rings is 1. The third-order valence-electron chi connectivity index (χ3n) is 5.60. The zero-order valence-corrected chi connectivity index (χ0v) is 18.4. The smallest absolute Gasteiger partial charge is 0.279 e. The van der Waals surface area contributed by atoms with Gasteiger partial charge in [0, 0.05) is 11.3 Å². The number of anilines is 1. The summed E-state index contributed by atoms with van der Waals surface area (Å²) in [6, 6.07) is 12.7. The molecular weight excluding hydrogens is 394 g/mol. The van der Waals surface area contributed by atoms with E-state index in [1.807, 2.05) is 32.0 Å². The van der Waals surface area contributed by atoms with Crippen molar-refractivity contribution in [2.45, 2.75) is 20.8 Å². The van der Waals surface area contributed by atoms with Crippen LogP contribution in [-0.2, 0) is 9.59 Å². The van der Waals surface area contributed by atoms with E-state index in [1.54, 1.807) is 29.2 Å². The molecule has 2 amide bonds. The lowest BCUT2D eigenvalue weighted by Gasteiger charge is -2.31. The Hall–Kier alpha value is -3.19. The third kappa shape index (κ3) is 6.15. The number of nitrogens with zero attached hydrogens (tertiary/aromatic N) is 1. The Bertz CT molecular complexity index is 928. The average molecular weight is 425 g/mol. The SMILES string of the molecule is CC(=O)c1ccc(OCC(=O)N2CC[NH+](CC(=O)Nc3c(C)cccc3C)CC2)cc1. The molecular formula is C24H30N3O4+. The van der Waals surface area contributed by atoms with Crippen molar-refractivity contribution in [3.8, 4) is 5.75 Å². The van der Waals surface area contributed by atoms with Crippen molar-refractivity contribution in [1.82, 2.24) is 4.90 Å². The van der Waals surface area contributed by atoms with E-state index >= 15 is 0 Å². The van der Waals surface area contributed by atoms with Crippen molar-refractivity contribution in [2.24, 2.45) is 0 Å². The summed E-state index contributed by atoms with van der Waals surface area (Å²) in [5.41, 5.74) is 3.60. The summed E-state index contributed by atoms with van der Waals surface area (Å²) in [4.78, 5) is 39.2. The molecule has 0 saturated carbocycles. The molecule has 0 aliphatic carbocycles. The number of aryl methyl sites for hydroxylation is 2. The Labute approximate surface area is 183 Å². The zero-order valence-electron chi connectivity index (χ0n) is 18.4. The number of benzene rings is 2. The maximum Gasteiger partial charge on any atom is 0.279 e. The summed E-state index contributed by atoms with van der Waals surface area (Å²) >= 11 is 0. The van der Waals surface area contributed by atoms with Crippen LogP contribution in [0.15, 0.2) is 42.5 Å². The van der Waals surface area contributed by atoms with Gasteiger partial charge in [0.1, 0.15) is 5.75 Å². The highest BCUT2D eigenvalue weighted by Crippen LogP contribution is 2.19. The van der Waals surface area contributed by atoms with Crippen molar-refractivity contribution >= 4 is 23.3 Å². The van der Waals surface area contributed by atoms with E-state index in [2.05, 4.69) is 5.32 Å². The van der Waals surface area contributed by atoms with Crippen LogP contribution in [0.2, 0.25) is 0 Å². The number of ketones is 1. The minimum Gasteiger partial charge on any atom is -0.484 e. The Morgan fingerprint density at radius 2 is 1.61 bits per heavy atom. The second-order valence-corrected chi connectivity index (χ2v) is 7.99. The van der Waals surface area contributed by atoms with E-state index in [1.165, 1.54) is 6.92 Å². The van der Waals surface area contributed by atoms with Crippen molar-refractivity contribution in [3.63, 3.8) is 0 Å². The molecule has 0 aromatic heterocycles. The van der Waals surface area contributed by atoms with Crippen LogP contribution in [0.4, 0.5) is 5.69 Å². The molecule has 0 unspecified atom stereocenters. The number of carbonyl (C=O) groups excluding carboxylic acids is 3. The van der Waals surface area contributed by atoms with Crippen LogP contribution in [0.5, 0.6) is 5.75 Å². The second-order valence-electron chi connectivity index (χ2n) is 7.99. The molecule has 1 heterocycles. The molecule has 1 fully saturated rings. The number of carbonyl (C=O) groups is 3. The lowest BCUT2D eigenvalue weighted by molar-refractivity contribution is -0.895. The predicted octanol–water partition coefficient (Wildman–Crippen LogP) is 1.25. The van der Waals surface area contributed by atoms with Gasteiger partial charge in [-0.05, 0) is 56.2 Å². The molecule has 31 heavy (non-hydrogen) atoms. The Morgan fingerprint density at radius 3 is 2.19 bits per heavy atom. The molecule has 1 aliphatic rings. The van der Waals surface area contributed by atoms with Crippen LogP contribution in [0.3, 0.4) is 0 Å². The average Bonchev–Trinajstić information content (AvgIpc) is 2.75. The van der Waals surface area contributed by atoms with Gasteiger partial charge in [-0.15, -0.1) is 0 Å². The molecule has 1 saturated heterocycles. The first-order valence-corrected chi connectivity index (χ1v) is 10.5. The van der Waals surface area contributed by atoms with Gasteiger partial charge in [0.15, 0.2) is 18.9 Å². The number of hydrogen-bond donors (Lipinski definition) is 2. The molecule has 7 heteroatoms. The fourth-order valence-corrected chi connectivity index (χ4v) is 3.69. The van der Waals surface area contributed by atoms with E-state index in [0.29, 0.717) is 30.9 Å². The maximum absolute atomic E-state index is 12.5. The standard InChI is InChI=1S/C24H29N3O4/c1-17-5-4-6-18(2)24(17)25-22(29)15-26-11-13-27(14-12-26)23(30)16-31-21-9-7-20(8-10-21)19(3)28/h4-10H,11-16H2,1-3H3,(H,25,29)/p+1. The number of para-hydroxylation sites is 1. The van der Waals surface area contributed by atoms with Gasteiger partial charge in [0.25, 0.3) is 11.8 Å². The summed E-state index contributed by atoms with van der Waals surface area (Å²) in [7, 11) is 0. The van der Waals surface area contributed by atoms with Crippen LogP contribution in [0.1, 0.15) is 28.4 Å². The lowest BCUT2D eigenvalue weighted by Crippen LogP contribution is -3.15. The van der Waals surface area contributed by atoms with E-state index in [0.717, 1.165) is 34.8 Å². The number of Topliss-reactive ketones (excluding diaryl/α,β-unsaturated/α-hetero) is 1. The number of quaternary nitrogens is 1. The van der Waals surface area contributed by atoms with Gasteiger partial charge in [-0.2, -0.15) is 0 Å². The highest BCUT2D eigenvalue weighted by molar-refractivity contribution is 5.94. The van der Waals surface area contributed by atoms with E-state index in [9.17, 15) is 14.4 Å². The Balaban J connectivity index is 1.42. The first kappa shape index (κ1) is 22.5. The third-order valence-corrected chi connectivity index (χ3v) is 5.60. The van der Waals surface area contributed by atoms with Crippen LogP contribution < -0.4 is 15.0 Å². The lowest BCUT2D eigenvalue weighted by atomic mass is 10.1. The van der Waals surface area contributed by atoms with Crippen LogP contribution in [0, 0.1) is 13.8 Å². The van der Waals surface area contributed by atoms with Gasteiger partial charge in [0.2, 0.25) is 0 Å². The van der Waals surface area contributed by atoms with Gasteiger partial charge in [-0.3, -0.25) is 14.4 Å². The summed E-state index contributed by atoms with van der Waals surface area (Å²) in [5, 5.41) is 3.03. The highest BCUT2D eigenvalue weighted by atomic mass is 16.5. The molecule has 164 valence electrons. The van der Waals surface area contributed by atoms with E-state index in [4.69, 9.17) is 4.74 Å². The fourth-order valence-electron chi connectivity index (χ4n) is 3.69.